The number of imidazole rings is 1. The van der Waals surface area contributed by atoms with Gasteiger partial charge in [0, 0.05) is 0 Å². The Balaban J connectivity index is 0.000000980. The molecule has 0 atom stereocenters. The number of nitrogens with zero attached hydrogens (tertiary/aromatic N) is 1. The molecule has 3 N–H and O–H groups in total. The minimum atomic E-state index is -3.73. The van der Waals surface area contributed by atoms with Gasteiger partial charge >= 0.3 is 18.9 Å². The van der Waals surface area contributed by atoms with Crippen LogP contribution in [0.25, 0.3) is 11.0 Å². The molecule has 0 unspecified atom stereocenters. The second-order valence-electron chi connectivity index (χ2n) is 2.60. The Morgan fingerprint density at radius 2 is 1.93 bits per heavy atom. The van der Waals surface area contributed by atoms with Gasteiger partial charge in [0.15, 0.2) is 0 Å². The average Bonchev–Trinajstić information content (AvgIpc) is 2.45. The summed E-state index contributed by atoms with van der Waals surface area (Å²) in [5, 5.41) is 4.70. The number of hydrogen-bond donors (Lipinski definition) is 2. The number of aromatic amines is 1. The molecule has 2 rings (SSSR count). The SMILES string of the molecule is NS(=O)(=O)c1nc2ccccc2[nH]1.[LiH]. The van der Waals surface area contributed by atoms with E-state index < -0.39 is 10.0 Å². The first-order valence-corrected chi connectivity index (χ1v) is 5.09. The number of H-pyrrole nitrogens is 1. The molecular weight excluding hydrogens is 197 g/mol. The van der Waals surface area contributed by atoms with Gasteiger partial charge in [-0.3, -0.25) is 0 Å². The van der Waals surface area contributed by atoms with Crippen LogP contribution in [0.3, 0.4) is 0 Å². The van der Waals surface area contributed by atoms with E-state index in [4.69, 9.17) is 5.14 Å². The van der Waals surface area contributed by atoms with Crippen LogP contribution >= 0.6 is 0 Å². The van der Waals surface area contributed by atoms with Crippen molar-refractivity contribution < 1.29 is 8.42 Å². The molecule has 2 aromatic rings. The minimum absolute atomic E-state index is 0. The second-order valence-corrected chi connectivity index (χ2v) is 4.08. The Labute approximate surface area is 92.9 Å². The third kappa shape index (κ3) is 1.99. The molecule has 70 valence electrons. The zero-order valence-electron chi connectivity index (χ0n) is 6.56. The van der Waals surface area contributed by atoms with Crippen molar-refractivity contribution >= 4 is 39.9 Å². The van der Waals surface area contributed by atoms with E-state index in [1.807, 2.05) is 0 Å². The summed E-state index contributed by atoms with van der Waals surface area (Å²) in [7, 11) is -3.73. The van der Waals surface area contributed by atoms with Crippen LogP contribution < -0.4 is 5.14 Å². The van der Waals surface area contributed by atoms with Gasteiger partial charge < -0.3 is 4.98 Å². The molecule has 7 heteroatoms. The number of sulfonamides is 1. The fourth-order valence-electron chi connectivity index (χ4n) is 1.06. The van der Waals surface area contributed by atoms with E-state index >= 15 is 0 Å². The van der Waals surface area contributed by atoms with E-state index in [0.717, 1.165) is 0 Å². The van der Waals surface area contributed by atoms with Crippen LogP contribution in [0, 0.1) is 0 Å². The second kappa shape index (κ2) is 3.75. The van der Waals surface area contributed by atoms with Crippen molar-refractivity contribution in [1.82, 2.24) is 9.97 Å². The number of hydrogen-bond acceptors (Lipinski definition) is 3. The van der Waals surface area contributed by atoms with Crippen molar-refractivity contribution in [3.05, 3.63) is 24.3 Å². The maximum atomic E-state index is 10.9. The Morgan fingerprint density at radius 3 is 2.50 bits per heavy atom. The van der Waals surface area contributed by atoms with E-state index in [-0.39, 0.29) is 24.0 Å². The molecule has 0 amide bonds. The summed E-state index contributed by atoms with van der Waals surface area (Å²) in [6.07, 6.45) is 0. The van der Waals surface area contributed by atoms with Crippen molar-refractivity contribution in [1.29, 1.82) is 0 Å². The van der Waals surface area contributed by atoms with Crippen molar-refractivity contribution in [3.63, 3.8) is 0 Å². The summed E-state index contributed by atoms with van der Waals surface area (Å²) in [5.74, 6) is 0. The topological polar surface area (TPSA) is 88.8 Å². The van der Waals surface area contributed by atoms with Gasteiger partial charge in [-0.2, -0.15) is 0 Å². The van der Waals surface area contributed by atoms with Crippen LogP contribution in [-0.4, -0.2) is 37.2 Å². The molecule has 0 bridgehead atoms. The Bertz CT molecular complexity index is 516. The quantitative estimate of drug-likeness (QED) is 0.618. The zero-order chi connectivity index (χ0) is 9.47. The summed E-state index contributed by atoms with van der Waals surface area (Å²) < 4.78 is 21.8. The van der Waals surface area contributed by atoms with Crippen LogP contribution in [0.1, 0.15) is 0 Å². The maximum absolute atomic E-state index is 10.9. The first-order chi connectivity index (χ1) is 6.07. The number of primary sulfonamides is 1. The van der Waals surface area contributed by atoms with Gasteiger partial charge in [0.05, 0.1) is 11.0 Å². The molecule has 1 heterocycles. The van der Waals surface area contributed by atoms with Gasteiger partial charge in [-0.05, 0) is 12.1 Å². The van der Waals surface area contributed by atoms with Crippen molar-refractivity contribution in [3.8, 4) is 0 Å². The van der Waals surface area contributed by atoms with Crippen LogP contribution in [0.15, 0.2) is 29.4 Å². The van der Waals surface area contributed by atoms with E-state index in [9.17, 15) is 8.42 Å². The van der Waals surface area contributed by atoms with Gasteiger partial charge in [0.25, 0.3) is 10.0 Å². The van der Waals surface area contributed by atoms with Crippen molar-refractivity contribution in [2.45, 2.75) is 5.16 Å². The first kappa shape index (κ1) is 11.3. The molecule has 0 aliphatic carbocycles. The predicted molar refractivity (Wildman–Crippen MR) is 54.6 cm³/mol. The number of nitrogens with one attached hydrogen (secondary N) is 1. The zero-order valence-corrected chi connectivity index (χ0v) is 7.38. The molecule has 0 fully saturated rings. The first-order valence-electron chi connectivity index (χ1n) is 3.55. The van der Waals surface area contributed by atoms with E-state index in [1.54, 1.807) is 24.3 Å². The summed E-state index contributed by atoms with van der Waals surface area (Å²) in [4.78, 5) is 6.43. The molecule has 1 aromatic carbocycles. The van der Waals surface area contributed by atoms with Gasteiger partial charge in [0.2, 0.25) is 5.16 Å². The molecule has 0 saturated carbocycles. The van der Waals surface area contributed by atoms with Gasteiger partial charge in [0.1, 0.15) is 0 Å². The third-order valence-corrected chi connectivity index (χ3v) is 2.37. The van der Waals surface area contributed by atoms with Crippen LogP contribution in [-0.2, 0) is 10.0 Å². The van der Waals surface area contributed by atoms with E-state index in [1.165, 1.54) is 0 Å². The standard InChI is InChI=1S/C7H7N3O2S.Li.H/c8-13(11,12)7-9-5-3-1-2-4-6(5)10-7;;/h1-4H,(H,9,10)(H2,8,11,12);;. The van der Waals surface area contributed by atoms with Gasteiger partial charge in [-0.15, -0.1) is 0 Å². The normalized spacial score (nSPS) is 11.2. The van der Waals surface area contributed by atoms with E-state index in [2.05, 4.69) is 9.97 Å². The third-order valence-electron chi connectivity index (χ3n) is 1.64. The number of para-hydroxylation sites is 2. The van der Waals surface area contributed by atoms with Gasteiger partial charge in [-0.1, -0.05) is 12.1 Å². The fraction of sp³-hybridized carbons (Fsp3) is 0. The monoisotopic (exact) mass is 205 g/mol. The van der Waals surface area contributed by atoms with Crippen molar-refractivity contribution in [2.24, 2.45) is 5.14 Å². The molecule has 0 radical (unpaired) electrons. The molecule has 14 heavy (non-hydrogen) atoms. The van der Waals surface area contributed by atoms with Gasteiger partial charge in [-0.25, -0.2) is 18.5 Å². The van der Waals surface area contributed by atoms with Crippen molar-refractivity contribution in [2.75, 3.05) is 0 Å². The fourth-order valence-corrected chi connectivity index (χ4v) is 1.54. The van der Waals surface area contributed by atoms with E-state index in [0.29, 0.717) is 11.0 Å². The van der Waals surface area contributed by atoms with Crippen LogP contribution in [0.4, 0.5) is 0 Å². The van der Waals surface area contributed by atoms with Crippen LogP contribution in [0.2, 0.25) is 0 Å². The summed E-state index contributed by atoms with van der Waals surface area (Å²) in [6, 6.07) is 7.00. The molecule has 1 aromatic heterocycles. The molecule has 5 nitrogen and oxygen atoms in total. The number of fused-ring (bicyclic) bond motifs is 1. The van der Waals surface area contributed by atoms with Crippen LogP contribution in [0.5, 0.6) is 0 Å². The Hall–Kier alpha value is -0.803. The number of rotatable bonds is 1. The molecule has 0 saturated heterocycles. The number of benzene rings is 1. The average molecular weight is 205 g/mol. The Kier molecular flexibility index (Phi) is 3.02. The Morgan fingerprint density at radius 1 is 1.29 bits per heavy atom. The summed E-state index contributed by atoms with van der Waals surface area (Å²) in [6.45, 7) is 0. The number of nitrogens with two attached hydrogens (primary N) is 1. The summed E-state index contributed by atoms with van der Waals surface area (Å²) in [5.41, 5.74) is 1.25. The predicted octanol–water partition coefficient (Wildman–Crippen LogP) is -0.438. The molecular formula is C7H8LiN3O2S. The molecule has 0 aliphatic heterocycles. The summed E-state index contributed by atoms with van der Waals surface area (Å²) >= 11 is 0. The molecule has 0 aliphatic rings. The molecule has 0 spiro atoms. The number of aromatic nitrogens is 2.